The van der Waals surface area contributed by atoms with Gasteiger partial charge in [0.2, 0.25) is 5.91 Å². The fraction of sp³-hybridized carbons (Fsp3) is 0.667. The summed E-state index contributed by atoms with van der Waals surface area (Å²) in [5.74, 6) is 0.558. The van der Waals surface area contributed by atoms with E-state index in [0.717, 1.165) is 47.2 Å². The van der Waals surface area contributed by atoms with Crippen molar-refractivity contribution < 1.29 is 14.0 Å². The summed E-state index contributed by atoms with van der Waals surface area (Å²) in [6, 6.07) is 4.03. The van der Waals surface area contributed by atoms with Crippen LogP contribution in [0, 0.1) is 5.92 Å². The average Bonchev–Trinajstić information content (AvgIpc) is 3.28. The normalized spacial score (nSPS) is 27.4. The highest BCUT2D eigenvalue weighted by Crippen LogP contribution is 2.37. The van der Waals surface area contributed by atoms with Gasteiger partial charge in [0, 0.05) is 23.4 Å². The van der Waals surface area contributed by atoms with E-state index in [9.17, 15) is 14.0 Å². The second-order valence-corrected chi connectivity index (χ2v) is 10.8. The van der Waals surface area contributed by atoms with Crippen molar-refractivity contribution >= 4 is 33.4 Å². The number of aryl methyl sites for hydroxylation is 1. The first-order chi connectivity index (χ1) is 14.8. The maximum Gasteiger partial charge on any atom is 0.271 e. The van der Waals surface area contributed by atoms with Crippen molar-refractivity contribution in [2.75, 3.05) is 6.67 Å². The van der Waals surface area contributed by atoms with Crippen LogP contribution in [0.2, 0.25) is 0 Å². The Morgan fingerprint density at radius 1 is 1.32 bits per heavy atom. The number of carbonyl (C=O) groups is 2. The van der Waals surface area contributed by atoms with E-state index in [-0.39, 0.29) is 23.9 Å². The molecule has 1 saturated carbocycles. The summed E-state index contributed by atoms with van der Waals surface area (Å²) in [5.41, 5.74) is 0.604. The van der Waals surface area contributed by atoms with E-state index >= 15 is 0 Å². The molecule has 2 aromatic heterocycles. The Hall–Kier alpha value is -1.89. The van der Waals surface area contributed by atoms with Crippen LogP contribution in [0.25, 0.3) is 10.2 Å². The van der Waals surface area contributed by atoms with Crippen LogP contribution in [-0.2, 0) is 17.8 Å². The van der Waals surface area contributed by atoms with Crippen molar-refractivity contribution in [1.29, 1.82) is 0 Å². The standard InChI is InChI=1S/C24H34FN3O2S/c1-5-16(3)28-22(29)20-13-21-19(12-18(31-21)10-11-25)27(20)14-24(28,4)23(30)26-17-8-6-15(2)7-9-17/h12-13,15-17H,5-11,14H2,1-4H3,(H,26,30). The maximum atomic E-state index is 13.7. The molecule has 2 unspecified atom stereocenters. The number of hydrogen-bond acceptors (Lipinski definition) is 3. The number of alkyl halides is 1. The summed E-state index contributed by atoms with van der Waals surface area (Å²) in [4.78, 5) is 30.1. The van der Waals surface area contributed by atoms with Crippen LogP contribution >= 0.6 is 11.3 Å². The fourth-order valence-corrected chi connectivity index (χ4v) is 6.26. The first kappa shape index (κ1) is 22.3. The van der Waals surface area contributed by atoms with Gasteiger partial charge in [-0.3, -0.25) is 14.0 Å². The van der Waals surface area contributed by atoms with Gasteiger partial charge in [-0.15, -0.1) is 11.3 Å². The summed E-state index contributed by atoms with van der Waals surface area (Å²) in [6.07, 6.45) is 5.42. The molecular weight excluding hydrogens is 413 g/mol. The largest absolute Gasteiger partial charge is 0.351 e. The lowest BCUT2D eigenvalue weighted by molar-refractivity contribution is -0.135. The number of amides is 2. The molecule has 3 heterocycles. The minimum Gasteiger partial charge on any atom is -0.351 e. The molecule has 1 N–H and O–H groups in total. The van der Waals surface area contributed by atoms with Gasteiger partial charge >= 0.3 is 0 Å². The number of halogens is 1. The summed E-state index contributed by atoms with van der Waals surface area (Å²) < 4.78 is 15.8. The number of carbonyl (C=O) groups excluding carboxylic acids is 2. The molecule has 7 heteroatoms. The molecule has 0 aromatic carbocycles. The zero-order valence-corrected chi connectivity index (χ0v) is 19.9. The van der Waals surface area contributed by atoms with E-state index in [1.165, 1.54) is 11.3 Å². The van der Waals surface area contributed by atoms with Crippen LogP contribution in [0.1, 0.15) is 75.2 Å². The molecule has 2 aliphatic rings. The summed E-state index contributed by atoms with van der Waals surface area (Å²) in [5, 5.41) is 3.28. The first-order valence-corrected chi connectivity index (χ1v) is 12.4. The van der Waals surface area contributed by atoms with Gasteiger partial charge in [-0.1, -0.05) is 13.8 Å². The van der Waals surface area contributed by atoms with E-state index in [2.05, 4.69) is 12.2 Å². The molecule has 1 fully saturated rings. The van der Waals surface area contributed by atoms with E-state index < -0.39 is 12.2 Å². The van der Waals surface area contributed by atoms with Crippen LogP contribution in [0.4, 0.5) is 4.39 Å². The molecule has 1 aliphatic carbocycles. The third-order valence-electron chi connectivity index (χ3n) is 7.29. The number of fused-ring (bicyclic) bond motifs is 3. The van der Waals surface area contributed by atoms with Gasteiger partial charge in [0.25, 0.3) is 5.91 Å². The van der Waals surface area contributed by atoms with Crippen LogP contribution < -0.4 is 5.32 Å². The third-order valence-corrected chi connectivity index (χ3v) is 8.42. The van der Waals surface area contributed by atoms with Crippen molar-refractivity contribution in [3.05, 3.63) is 22.7 Å². The summed E-state index contributed by atoms with van der Waals surface area (Å²) in [6.45, 7) is 8.27. The van der Waals surface area contributed by atoms with E-state index in [0.29, 0.717) is 24.6 Å². The predicted octanol–water partition coefficient (Wildman–Crippen LogP) is 4.92. The third kappa shape index (κ3) is 3.90. The van der Waals surface area contributed by atoms with Gasteiger partial charge in [-0.2, -0.15) is 0 Å². The second-order valence-electron chi connectivity index (χ2n) is 9.65. The van der Waals surface area contributed by atoms with Crippen LogP contribution in [0.15, 0.2) is 12.1 Å². The van der Waals surface area contributed by atoms with Crippen LogP contribution in [0.3, 0.4) is 0 Å². The Bertz CT molecular complexity index is 975. The van der Waals surface area contributed by atoms with Crippen molar-refractivity contribution in [2.24, 2.45) is 5.92 Å². The van der Waals surface area contributed by atoms with Gasteiger partial charge in [0.15, 0.2) is 0 Å². The van der Waals surface area contributed by atoms with Gasteiger partial charge in [0.05, 0.1) is 23.4 Å². The molecule has 5 nitrogen and oxygen atoms in total. The summed E-state index contributed by atoms with van der Waals surface area (Å²) >= 11 is 1.54. The second kappa shape index (κ2) is 8.57. The number of nitrogens with one attached hydrogen (secondary N) is 1. The molecule has 0 saturated heterocycles. The Kier molecular flexibility index (Phi) is 6.16. The number of aromatic nitrogens is 1. The van der Waals surface area contributed by atoms with Crippen molar-refractivity contribution in [2.45, 2.75) is 90.4 Å². The summed E-state index contributed by atoms with van der Waals surface area (Å²) in [7, 11) is 0. The molecular formula is C24H34FN3O2S. The Morgan fingerprint density at radius 2 is 2.03 bits per heavy atom. The van der Waals surface area contributed by atoms with Crippen molar-refractivity contribution in [1.82, 2.24) is 14.8 Å². The fourth-order valence-electron chi connectivity index (χ4n) is 5.18. The minimum atomic E-state index is -0.962. The van der Waals surface area contributed by atoms with Crippen molar-refractivity contribution in [3.63, 3.8) is 0 Å². The molecule has 0 bridgehead atoms. The highest BCUT2D eigenvalue weighted by atomic mass is 32.1. The van der Waals surface area contributed by atoms with Gasteiger partial charge in [0.1, 0.15) is 11.2 Å². The lowest BCUT2D eigenvalue weighted by Crippen LogP contribution is -2.67. The molecule has 170 valence electrons. The highest BCUT2D eigenvalue weighted by molar-refractivity contribution is 7.19. The molecule has 2 aromatic rings. The molecule has 4 rings (SSSR count). The average molecular weight is 448 g/mol. The molecule has 1 aliphatic heterocycles. The highest BCUT2D eigenvalue weighted by Gasteiger charge is 2.49. The lowest BCUT2D eigenvalue weighted by atomic mass is 9.86. The number of nitrogens with zero attached hydrogens (tertiary/aromatic N) is 2. The van der Waals surface area contributed by atoms with Gasteiger partial charge in [-0.25, -0.2) is 0 Å². The van der Waals surface area contributed by atoms with E-state index in [4.69, 9.17) is 0 Å². The molecule has 0 radical (unpaired) electrons. The van der Waals surface area contributed by atoms with Gasteiger partial charge in [-0.05, 0) is 64.0 Å². The molecule has 2 atom stereocenters. The number of hydrogen-bond donors (Lipinski definition) is 1. The Labute approximate surface area is 188 Å². The minimum absolute atomic E-state index is 0.0431. The number of rotatable bonds is 6. The smallest absolute Gasteiger partial charge is 0.271 e. The molecule has 2 amide bonds. The van der Waals surface area contributed by atoms with Crippen molar-refractivity contribution in [3.8, 4) is 0 Å². The SMILES string of the molecule is CCC(C)N1C(=O)c2cc3sc(CCF)cc3n2CC1(C)C(=O)NC1CCC(C)CC1. The number of thiophene rings is 1. The van der Waals surface area contributed by atoms with Crippen LogP contribution in [-0.4, -0.2) is 45.6 Å². The predicted molar refractivity (Wildman–Crippen MR) is 123 cm³/mol. The van der Waals surface area contributed by atoms with E-state index in [1.54, 1.807) is 4.90 Å². The zero-order chi connectivity index (χ0) is 22.3. The quantitative estimate of drug-likeness (QED) is 0.683. The Morgan fingerprint density at radius 3 is 2.68 bits per heavy atom. The Balaban J connectivity index is 1.69. The van der Waals surface area contributed by atoms with E-state index in [1.807, 2.05) is 37.5 Å². The molecule has 0 spiro atoms. The first-order valence-electron chi connectivity index (χ1n) is 11.6. The van der Waals surface area contributed by atoms with Gasteiger partial charge < -0.3 is 14.8 Å². The monoisotopic (exact) mass is 447 g/mol. The van der Waals surface area contributed by atoms with Crippen LogP contribution in [0.5, 0.6) is 0 Å². The zero-order valence-electron chi connectivity index (χ0n) is 19.0. The molecule has 31 heavy (non-hydrogen) atoms. The topological polar surface area (TPSA) is 54.3 Å². The maximum absolute atomic E-state index is 13.7. The lowest BCUT2D eigenvalue weighted by Gasteiger charge is -2.47.